The van der Waals surface area contributed by atoms with E-state index < -0.39 is 0 Å². The second-order valence-electron chi connectivity index (χ2n) is 8.03. The van der Waals surface area contributed by atoms with Crippen molar-refractivity contribution >= 4 is 5.91 Å². The lowest BCUT2D eigenvalue weighted by Crippen LogP contribution is -2.41. The van der Waals surface area contributed by atoms with Crippen LogP contribution in [0.15, 0.2) is 48.5 Å². The highest BCUT2D eigenvalue weighted by atomic mass is 19.1. The third-order valence-corrected chi connectivity index (χ3v) is 6.02. The second kappa shape index (κ2) is 10.5. The van der Waals surface area contributed by atoms with Gasteiger partial charge in [-0.05, 0) is 61.2 Å². The van der Waals surface area contributed by atoms with E-state index in [0.29, 0.717) is 5.92 Å². The van der Waals surface area contributed by atoms with Crippen LogP contribution in [0, 0.1) is 11.7 Å². The molecular weight excluding hydrogens is 383 g/mol. The molecule has 0 aromatic heterocycles. The van der Waals surface area contributed by atoms with Crippen molar-refractivity contribution in [2.45, 2.75) is 37.8 Å². The van der Waals surface area contributed by atoms with Gasteiger partial charge in [0.2, 0.25) is 5.91 Å². The topological polar surface area (TPSA) is 61.8 Å². The number of hydrogen-bond donors (Lipinski definition) is 2. The minimum absolute atomic E-state index is 0.0971. The first-order valence-electron chi connectivity index (χ1n) is 10.5. The van der Waals surface area contributed by atoms with E-state index in [2.05, 4.69) is 5.32 Å². The van der Waals surface area contributed by atoms with Crippen LogP contribution in [0.2, 0.25) is 0 Å². The monoisotopic (exact) mass is 414 g/mol. The van der Waals surface area contributed by atoms with Crippen molar-refractivity contribution in [3.05, 3.63) is 65.5 Å². The van der Waals surface area contributed by atoms with Crippen LogP contribution in [0.1, 0.15) is 48.9 Å². The molecule has 162 valence electrons. The van der Waals surface area contributed by atoms with Gasteiger partial charge in [0.15, 0.2) is 0 Å². The lowest BCUT2D eigenvalue weighted by Gasteiger charge is -2.29. The van der Waals surface area contributed by atoms with Crippen LogP contribution in [0.4, 0.5) is 4.39 Å². The second-order valence-corrected chi connectivity index (χ2v) is 8.03. The number of aliphatic hydroxyl groups excluding tert-OH is 1. The summed E-state index contributed by atoms with van der Waals surface area (Å²) in [6.45, 7) is 0.0573. The van der Waals surface area contributed by atoms with E-state index in [1.54, 1.807) is 19.2 Å². The number of carbonyl (C=O) groups excluding carboxylic acids is 1. The number of carbonyl (C=O) groups is 1. The molecule has 0 bridgehead atoms. The standard InChI is InChI=1S/C24H31FN2O3/c1-27(22(16-28)17-9-13-21(30-2)14-10-17)15-23(29)26-24(18-5-3-4-6-18)19-7-11-20(25)12-8-19/h7-14,18,22,24,28H,3-6,15-16H2,1-2H3,(H,26,29). The molecule has 1 aliphatic rings. The number of ether oxygens (including phenoxy) is 1. The van der Waals surface area contributed by atoms with Crippen LogP contribution < -0.4 is 10.1 Å². The number of amides is 1. The Balaban J connectivity index is 1.67. The molecule has 0 saturated heterocycles. The zero-order chi connectivity index (χ0) is 21.5. The first-order chi connectivity index (χ1) is 14.5. The molecule has 6 heteroatoms. The van der Waals surface area contributed by atoms with E-state index >= 15 is 0 Å². The van der Waals surface area contributed by atoms with Crippen molar-refractivity contribution in [1.82, 2.24) is 10.2 Å². The number of halogens is 1. The SMILES string of the molecule is COc1ccc(C(CO)N(C)CC(=O)NC(c2ccc(F)cc2)C2CCCC2)cc1. The Hall–Kier alpha value is -2.44. The Bertz CT molecular complexity index is 804. The molecule has 30 heavy (non-hydrogen) atoms. The van der Waals surface area contributed by atoms with Crippen LogP contribution in [0.25, 0.3) is 0 Å². The molecule has 0 heterocycles. The van der Waals surface area contributed by atoms with Crippen molar-refractivity contribution in [3.8, 4) is 5.75 Å². The Morgan fingerprint density at radius 2 is 1.73 bits per heavy atom. The van der Waals surface area contributed by atoms with Crippen LogP contribution in [-0.4, -0.2) is 43.2 Å². The molecule has 1 amide bonds. The van der Waals surface area contributed by atoms with E-state index in [0.717, 1.165) is 42.6 Å². The Kier molecular flexibility index (Phi) is 7.82. The minimum atomic E-state index is -0.294. The van der Waals surface area contributed by atoms with Gasteiger partial charge in [-0.2, -0.15) is 0 Å². The minimum Gasteiger partial charge on any atom is -0.497 e. The number of nitrogens with one attached hydrogen (secondary N) is 1. The summed E-state index contributed by atoms with van der Waals surface area (Å²) in [7, 11) is 3.43. The average Bonchev–Trinajstić information content (AvgIpc) is 3.28. The average molecular weight is 415 g/mol. The summed E-state index contributed by atoms with van der Waals surface area (Å²) in [5, 5.41) is 13.1. The predicted molar refractivity (Wildman–Crippen MR) is 115 cm³/mol. The molecule has 2 unspecified atom stereocenters. The summed E-state index contributed by atoms with van der Waals surface area (Å²) >= 11 is 0. The molecule has 5 nitrogen and oxygen atoms in total. The normalized spacial score (nSPS) is 16.4. The van der Waals surface area contributed by atoms with Gasteiger partial charge in [0.1, 0.15) is 11.6 Å². The summed E-state index contributed by atoms with van der Waals surface area (Å²) in [5.74, 6) is 0.723. The van der Waals surface area contributed by atoms with Gasteiger partial charge >= 0.3 is 0 Å². The third-order valence-electron chi connectivity index (χ3n) is 6.02. The van der Waals surface area contributed by atoms with Gasteiger partial charge in [0.05, 0.1) is 32.3 Å². The number of rotatable bonds is 9. The molecule has 0 spiro atoms. The molecule has 1 fully saturated rings. The highest BCUT2D eigenvalue weighted by molar-refractivity contribution is 5.78. The van der Waals surface area contributed by atoms with Gasteiger partial charge in [-0.25, -0.2) is 4.39 Å². The van der Waals surface area contributed by atoms with E-state index in [1.165, 1.54) is 12.1 Å². The summed E-state index contributed by atoms with van der Waals surface area (Å²) in [6.07, 6.45) is 4.43. The molecule has 1 aliphatic carbocycles. The summed E-state index contributed by atoms with van der Waals surface area (Å²) in [6, 6.07) is 13.5. The first kappa shape index (κ1) is 22.2. The maximum absolute atomic E-state index is 13.4. The maximum atomic E-state index is 13.4. The first-order valence-corrected chi connectivity index (χ1v) is 10.5. The van der Waals surface area contributed by atoms with Crippen LogP contribution in [-0.2, 0) is 4.79 Å². The molecule has 1 saturated carbocycles. The number of likely N-dealkylation sites (N-methyl/N-ethyl adjacent to an activating group) is 1. The highest BCUT2D eigenvalue weighted by Crippen LogP contribution is 2.35. The Morgan fingerprint density at radius 1 is 1.13 bits per heavy atom. The number of nitrogens with zero attached hydrogens (tertiary/aromatic N) is 1. The zero-order valence-electron chi connectivity index (χ0n) is 17.7. The highest BCUT2D eigenvalue weighted by Gasteiger charge is 2.28. The smallest absolute Gasteiger partial charge is 0.234 e. The molecular formula is C24H31FN2O3. The van der Waals surface area contributed by atoms with Crippen molar-refractivity contribution in [2.24, 2.45) is 5.92 Å². The largest absolute Gasteiger partial charge is 0.497 e. The maximum Gasteiger partial charge on any atom is 0.234 e. The number of methoxy groups -OCH3 is 1. The van der Waals surface area contributed by atoms with Crippen LogP contribution in [0.3, 0.4) is 0 Å². The number of aliphatic hydroxyl groups is 1. The number of hydrogen-bond acceptors (Lipinski definition) is 4. The van der Waals surface area contributed by atoms with E-state index in [1.807, 2.05) is 36.2 Å². The van der Waals surface area contributed by atoms with E-state index in [-0.39, 0.29) is 37.0 Å². The Labute approximate surface area is 177 Å². The van der Waals surface area contributed by atoms with Gasteiger partial charge in [0, 0.05) is 0 Å². The fraction of sp³-hybridized carbons (Fsp3) is 0.458. The molecule has 2 atom stereocenters. The molecule has 3 rings (SSSR count). The fourth-order valence-electron chi connectivity index (χ4n) is 4.32. The molecule has 0 aliphatic heterocycles. The van der Waals surface area contributed by atoms with Crippen molar-refractivity contribution < 1.29 is 19.0 Å². The van der Waals surface area contributed by atoms with Gasteiger partial charge in [-0.15, -0.1) is 0 Å². The molecule has 2 N–H and O–H groups in total. The summed E-state index contributed by atoms with van der Waals surface area (Å²) in [5.41, 5.74) is 1.85. The fourth-order valence-corrected chi connectivity index (χ4v) is 4.32. The lowest BCUT2D eigenvalue weighted by atomic mass is 9.91. The quantitative estimate of drug-likeness (QED) is 0.654. The predicted octanol–water partition coefficient (Wildman–Crippen LogP) is 3.85. The molecule has 0 radical (unpaired) electrons. The third kappa shape index (κ3) is 5.58. The van der Waals surface area contributed by atoms with Gasteiger partial charge in [-0.3, -0.25) is 9.69 Å². The molecule has 2 aromatic rings. The van der Waals surface area contributed by atoms with Crippen LogP contribution >= 0.6 is 0 Å². The van der Waals surface area contributed by atoms with Gasteiger partial charge in [0.25, 0.3) is 0 Å². The summed E-state index contributed by atoms with van der Waals surface area (Å²) in [4.78, 5) is 14.7. The van der Waals surface area contributed by atoms with E-state index in [4.69, 9.17) is 4.74 Å². The lowest BCUT2D eigenvalue weighted by molar-refractivity contribution is -0.123. The van der Waals surface area contributed by atoms with Crippen LogP contribution in [0.5, 0.6) is 5.75 Å². The Morgan fingerprint density at radius 3 is 2.30 bits per heavy atom. The van der Waals surface area contributed by atoms with Gasteiger partial charge in [-0.1, -0.05) is 37.1 Å². The van der Waals surface area contributed by atoms with Crippen molar-refractivity contribution in [2.75, 3.05) is 27.3 Å². The van der Waals surface area contributed by atoms with Crippen molar-refractivity contribution in [3.63, 3.8) is 0 Å². The summed E-state index contributed by atoms with van der Waals surface area (Å²) < 4.78 is 18.6. The van der Waals surface area contributed by atoms with Gasteiger partial charge < -0.3 is 15.2 Å². The number of benzene rings is 2. The van der Waals surface area contributed by atoms with E-state index in [9.17, 15) is 14.3 Å². The zero-order valence-corrected chi connectivity index (χ0v) is 17.7. The molecule has 2 aromatic carbocycles. The van der Waals surface area contributed by atoms with Crippen molar-refractivity contribution in [1.29, 1.82) is 0 Å².